The fraction of sp³-hybridized carbons (Fsp3) is 0.478. The number of carbonyl (C=O) groups excluding carboxylic acids is 1. The zero-order valence-corrected chi connectivity index (χ0v) is 21.2. The number of rotatable bonds is 4. The highest BCUT2D eigenvalue weighted by Crippen LogP contribution is 2.26. The van der Waals surface area contributed by atoms with Gasteiger partial charge in [-0.3, -0.25) is 4.90 Å². The van der Waals surface area contributed by atoms with Crippen LogP contribution in [0.5, 0.6) is 0 Å². The number of ether oxygens (including phenoxy) is 1. The van der Waals surface area contributed by atoms with E-state index in [1.54, 1.807) is 4.52 Å². The first-order chi connectivity index (χ1) is 15.6. The normalized spacial score (nSPS) is 19.1. The zero-order chi connectivity index (χ0) is 23.8. The standard InChI is InChI=1S/C23H30BrN7O2/c1-15-12-29(13-16(2)31(15)22(32)33-23(3,4)5)19-8-6-7-17(28-19)11-25-21-20-18(24)9-10-30(20)27-14-26-21/h6-10,14-16H,11-13H2,1-5H3,(H,25,26,27)/t15-,16+. The van der Waals surface area contributed by atoms with Crippen molar-refractivity contribution in [2.24, 2.45) is 0 Å². The third kappa shape index (κ3) is 5.21. The van der Waals surface area contributed by atoms with Gasteiger partial charge < -0.3 is 15.0 Å². The lowest BCUT2D eigenvalue weighted by Gasteiger charge is -2.45. The van der Waals surface area contributed by atoms with Crippen molar-refractivity contribution in [3.63, 3.8) is 0 Å². The van der Waals surface area contributed by atoms with Crippen molar-refractivity contribution < 1.29 is 9.53 Å². The van der Waals surface area contributed by atoms with Crippen LogP contribution in [0.2, 0.25) is 0 Å². The molecule has 2 atom stereocenters. The van der Waals surface area contributed by atoms with E-state index < -0.39 is 5.60 Å². The van der Waals surface area contributed by atoms with Crippen molar-refractivity contribution in [2.45, 2.75) is 58.8 Å². The second-order valence-electron chi connectivity index (χ2n) is 9.40. The minimum absolute atomic E-state index is 0.00759. The number of pyridine rings is 1. The predicted molar refractivity (Wildman–Crippen MR) is 131 cm³/mol. The number of carbonyl (C=O) groups is 1. The van der Waals surface area contributed by atoms with Gasteiger partial charge in [0.25, 0.3) is 0 Å². The fourth-order valence-electron chi connectivity index (χ4n) is 4.15. The van der Waals surface area contributed by atoms with Crippen LogP contribution >= 0.6 is 15.9 Å². The van der Waals surface area contributed by atoms with E-state index in [2.05, 4.69) is 36.2 Å². The molecule has 3 aromatic heterocycles. The Hall–Kier alpha value is -2.88. The van der Waals surface area contributed by atoms with Gasteiger partial charge >= 0.3 is 6.09 Å². The van der Waals surface area contributed by atoms with E-state index in [1.807, 2.05) is 70.0 Å². The second kappa shape index (κ2) is 9.17. The number of piperazine rings is 1. The Labute approximate surface area is 202 Å². The highest BCUT2D eigenvalue weighted by atomic mass is 79.9. The van der Waals surface area contributed by atoms with Crippen molar-refractivity contribution in [3.8, 4) is 0 Å². The van der Waals surface area contributed by atoms with Gasteiger partial charge in [0.05, 0.1) is 24.3 Å². The Morgan fingerprint density at radius 2 is 1.94 bits per heavy atom. The summed E-state index contributed by atoms with van der Waals surface area (Å²) in [6, 6.07) is 7.97. The van der Waals surface area contributed by atoms with Crippen LogP contribution in [-0.2, 0) is 11.3 Å². The highest BCUT2D eigenvalue weighted by Gasteiger charge is 2.36. The molecule has 0 saturated carbocycles. The average molecular weight is 516 g/mol. The maximum atomic E-state index is 12.7. The first-order valence-corrected chi connectivity index (χ1v) is 11.9. The Kier molecular flexibility index (Phi) is 6.47. The van der Waals surface area contributed by atoms with Gasteiger partial charge in [-0.05, 0) is 68.7 Å². The molecule has 4 rings (SSSR count). The number of amides is 1. The number of nitrogens with one attached hydrogen (secondary N) is 1. The summed E-state index contributed by atoms with van der Waals surface area (Å²) in [5.74, 6) is 1.64. The zero-order valence-electron chi connectivity index (χ0n) is 19.6. The molecule has 3 aromatic rings. The van der Waals surface area contributed by atoms with E-state index in [-0.39, 0.29) is 18.2 Å². The highest BCUT2D eigenvalue weighted by molar-refractivity contribution is 9.10. The molecule has 1 fully saturated rings. The molecular formula is C23H30BrN7O2. The summed E-state index contributed by atoms with van der Waals surface area (Å²) < 4.78 is 8.32. The van der Waals surface area contributed by atoms with E-state index >= 15 is 0 Å². The third-order valence-corrected chi connectivity index (χ3v) is 6.12. The van der Waals surface area contributed by atoms with E-state index in [0.29, 0.717) is 19.6 Å². The summed E-state index contributed by atoms with van der Waals surface area (Å²) in [6.07, 6.45) is 3.14. The van der Waals surface area contributed by atoms with Crippen LogP contribution in [0, 0.1) is 0 Å². The summed E-state index contributed by atoms with van der Waals surface area (Å²) in [4.78, 5) is 26.0. The van der Waals surface area contributed by atoms with Gasteiger partial charge in [-0.15, -0.1) is 0 Å². The quantitative estimate of drug-likeness (QED) is 0.552. The smallest absolute Gasteiger partial charge is 0.410 e. The van der Waals surface area contributed by atoms with Gasteiger partial charge in [-0.1, -0.05) is 6.07 Å². The lowest BCUT2D eigenvalue weighted by Crippen LogP contribution is -2.59. The fourth-order valence-corrected chi connectivity index (χ4v) is 4.63. The molecular weight excluding hydrogens is 486 g/mol. The average Bonchev–Trinajstić information content (AvgIpc) is 3.12. The summed E-state index contributed by atoms with van der Waals surface area (Å²) in [7, 11) is 0. The van der Waals surface area contributed by atoms with Gasteiger partial charge in [-0.2, -0.15) is 5.10 Å². The molecule has 1 saturated heterocycles. The molecule has 0 aliphatic carbocycles. The minimum Gasteiger partial charge on any atom is -0.444 e. The number of nitrogens with zero attached hydrogens (tertiary/aromatic N) is 6. The number of hydrogen-bond acceptors (Lipinski definition) is 7. The van der Waals surface area contributed by atoms with Gasteiger partial charge in [0.15, 0.2) is 5.82 Å². The van der Waals surface area contributed by atoms with Crippen LogP contribution in [0.25, 0.3) is 5.52 Å². The second-order valence-corrected chi connectivity index (χ2v) is 10.3. The van der Waals surface area contributed by atoms with Gasteiger partial charge in [0.2, 0.25) is 0 Å². The first kappa shape index (κ1) is 23.3. The largest absolute Gasteiger partial charge is 0.444 e. The third-order valence-electron chi connectivity index (χ3n) is 5.48. The van der Waals surface area contributed by atoms with Crippen LogP contribution < -0.4 is 10.2 Å². The van der Waals surface area contributed by atoms with Crippen LogP contribution in [0.1, 0.15) is 40.3 Å². The number of hydrogen-bond donors (Lipinski definition) is 1. The molecule has 4 heterocycles. The molecule has 0 aromatic carbocycles. The Morgan fingerprint density at radius 3 is 2.64 bits per heavy atom. The van der Waals surface area contributed by atoms with Gasteiger partial charge in [0, 0.05) is 23.8 Å². The lowest BCUT2D eigenvalue weighted by atomic mass is 10.1. The minimum atomic E-state index is -0.512. The van der Waals surface area contributed by atoms with E-state index in [1.165, 1.54) is 6.33 Å². The molecule has 0 spiro atoms. The summed E-state index contributed by atoms with van der Waals surface area (Å²) in [6.45, 7) is 11.7. The summed E-state index contributed by atoms with van der Waals surface area (Å²) in [5, 5.41) is 7.59. The van der Waals surface area contributed by atoms with Crippen molar-refractivity contribution in [1.82, 2.24) is 24.5 Å². The van der Waals surface area contributed by atoms with Gasteiger partial charge in [0.1, 0.15) is 23.3 Å². The van der Waals surface area contributed by atoms with Crippen LogP contribution in [0.3, 0.4) is 0 Å². The molecule has 0 radical (unpaired) electrons. The van der Waals surface area contributed by atoms with Crippen LogP contribution in [-0.4, -0.2) is 61.3 Å². The monoisotopic (exact) mass is 515 g/mol. The molecule has 1 amide bonds. The number of halogens is 1. The predicted octanol–water partition coefficient (Wildman–Crippen LogP) is 4.33. The molecule has 0 bridgehead atoms. The molecule has 1 aliphatic rings. The first-order valence-electron chi connectivity index (χ1n) is 11.1. The topological polar surface area (TPSA) is 87.9 Å². The van der Waals surface area contributed by atoms with Crippen LogP contribution in [0.15, 0.2) is 41.3 Å². The van der Waals surface area contributed by atoms with Crippen LogP contribution in [0.4, 0.5) is 16.4 Å². The van der Waals surface area contributed by atoms with E-state index in [4.69, 9.17) is 9.72 Å². The SMILES string of the molecule is C[C@@H]1CN(c2cccc(CNc3ncnn4ccc(Br)c34)n2)C[C@H](C)N1C(=O)OC(C)(C)C. The molecule has 1 aliphatic heterocycles. The van der Waals surface area contributed by atoms with E-state index in [9.17, 15) is 4.79 Å². The summed E-state index contributed by atoms with van der Waals surface area (Å²) >= 11 is 3.55. The van der Waals surface area contributed by atoms with E-state index in [0.717, 1.165) is 27.3 Å². The maximum Gasteiger partial charge on any atom is 0.410 e. The Morgan fingerprint density at radius 1 is 1.21 bits per heavy atom. The van der Waals surface area contributed by atoms with Crippen molar-refractivity contribution in [1.29, 1.82) is 0 Å². The molecule has 176 valence electrons. The molecule has 0 unspecified atom stereocenters. The summed E-state index contributed by atoms with van der Waals surface area (Å²) in [5.41, 5.74) is 1.28. The Balaban J connectivity index is 1.45. The van der Waals surface area contributed by atoms with Crippen molar-refractivity contribution in [3.05, 3.63) is 47.0 Å². The number of anilines is 2. The molecule has 1 N–H and O–H groups in total. The van der Waals surface area contributed by atoms with Gasteiger partial charge in [-0.25, -0.2) is 19.3 Å². The lowest BCUT2D eigenvalue weighted by molar-refractivity contribution is 0.00560. The number of aromatic nitrogens is 4. The molecule has 10 heteroatoms. The maximum absolute atomic E-state index is 12.7. The molecule has 9 nitrogen and oxygen atoms in total. The van der Waals surface area contributed by atoms with Crippen molar-refractivity contribution in [2.75, 3.05) is 23.3 Å². The van der Waals surface area contributed by atoms with Crippen molar-refractivity contribution >= 4 is 39.2 Å². The Bertz CT molecular complexity index is 1130. The number of fused-ring (bicyclic) bond motifs is 1. The molecule has 33 heavy (non-hydrogen) atoms.